The molecule has 0 heterocycles. The van der Waals surface area contributed by atoms with Crippen molar-refractivity contribution in [3.05, 3.63) is 35.6 Å². The zero-order valence-electron chi connectivity index (χ0n) is 9.79. The van der Waals surface area contributed by atoms with Gasteiger partial charge in [0, 0.05) is 17.3 Å². The average Bonchev–Trinajstić information content (AvgIpc) is 2.37. The lowest BCUT2D eigenvalue weighted by molar-refractivity contribution is 0.391. The largest absolute Gasteiger partial charge is 0.496 e. The quantitative estimate of drug-likeness (QED) is 0.888. The highest BCUT2D eigenvalue weighted by atomic mass is 19.1. The maximum absolute atomic E-state index is 13.6. The molecule has 0 radical (unpaired) electrons. The van der Waals surface area contributed by atoms with Crippen LogP contribution in [0, 0.1) is 5.82 Å². The summed E-state index contributed by atoms with van der Waals surface area (Å²) in [7, 11) is 3.02. The van der Waals surface area contributed by atoms with Crippen LogP contribution in [0.1, 0.15) is 5.56 Å². The summed E-state index contributed by atoms with van der Waals surface area (Å²) in [4.78, 5) is 0. The molecule has 0 saturated carbocycles. The molecule has 3 nitrogen and oxygen atoms in total. The SMILES string of the molecule is COc1cc(CN)cc2c(OC)c(F)ccc12. The van der Waals surface area contributed by atoms with E-state index in [1.807, 2.05) is 12.1 Å². The van der Waals surface area contributed by atoms with Crippen molar-refractivity contribution in [1.29, 1.82) is 0 Å². The molecule has 0 saturated heterocycles. The van der Waals surface area contributed by atoms with Crippen LogP contribution < -0.4 is 15.2 Å². The normalized spacial score (nSPS) is 10.6. The Kier molecular flexibility index (Phi) is 3.15. The summed E-state index contributed by atoms with van der Waals surface area (Å²) < 4.78 is 24.0. The first-order valence-electron chi connectivity index (χ1n) is 5.24. The van der Waals surface area contributed by atoms with Gasteiger partial charge in [-0.25, -0.2) is 4.39 Å². The van der Waals surface area contributed by atoms with E-state index in [2.05, 4.69) is 0 Å². The number of hydrogen-bond acceptors (Lipinski definition) is 3. The number of rotatable bonds is 3. The molecule has 90 valence electrons. The molecule has 0 unspecified atom stereocenters. The molecule has 0 fully saturated rings. The van der Waals surface area contributed by atoms with Crippen molar-refractivity contribution in [3.8, 4) is 11.5 Å². The number of ether oxygens (including phenoxy) is 2. The minimum atomic E-state index is -0.392. The monoisotopic (exact) mass is 235 g/mol. The second-order valence-corrected chi connectivity index (χ2v) is 3.68. The first kappa shape index (κ1) is 11.7. The standard InChI is InChI=1S/C13H14FNO2/c1-16-12-6-8(7-15)5-10-9(12)3-4-11(14)13(10)17-2/h3-6H,7,15H2,1-2H3. The van der Waals surface area contributed by atoms with Crippen LogP contribution in [0.3, 0.4) is 0 Å². The Bertz CT molecular complexity index is 555. The Morgan fingerprint density at radius 1 is 1.12 bits per heavy atom. The van der Waals surface area contributed by atoms with Crippen LogP contribution in [0.5, 0.6) is 11.5 Å². The van der Waals surface area contributed by atoms with Gasteiger partial charge in [-0.1, -0.05) is 0 Å². The topological polar surface area (TPSA) is 44.5 Å². The van der Waals surface area contributed by atoms with Gasteiger partial charge in [0.1, 0.15) is 5.75 Å². The van der Waals surface area contributed by atoms with Gasteiger partial charge in [-0.3, -0.25) is 0 Å². The molecule has 2 rings (SSSR count). The molecule has 0 bridgehead atoms. The molecule has 0 spiro atoms. The van der Waals surface area contributed by atoms with E-state index in [-0.39, 0.29) is 5.75 Å². The van der Waals surface area contributed by atoms with Crippen molar-refractivity contribution in [2.75, 3.05) is 14.2 Å². The number of hydrogen-bond donors (Lipinski definition) is 1. The molecule has 0 aliphatic carbocycles. The molecule has 2 aromatic rings. The number of benzene rings is 2. The second kappa shape index (κ2) is 4.59. The predicted molar refractivity (Wildman–Crippen MR) is 64.9 cm³/mol. The minimum absolute atomic E-state index is 0.219. The van der Waals surface area contributed by atoms with E-state index in [1.165, 1.54) is 13.2 Å². The van der Waals surface area contributed by atoms with E-state index in [0.29, 0.717) is 17.7 Å². The maximum Gasteiger partial charge on any atom is 0.165 e. The average molecular weight is 235 g/mol. The third kappa shape index (κ3) is 1.91. The van der Waals surface area contributed by atoms with E-state index in [4.69, 9.17) is 15.2 Å². The molecule has 2 aromatic carbocycles. The van der Waals surface area contributed by atoms with Crippen molar-refractivity contribution < 1.29 is 13.9 Å². The fourth-order valence-electron chi connectivity index (χ4n) is 1.90. The fraction of sp³-hybridized carbons (Fsp3) is 0.231. The summed E-state index contributed by atoms with van der Waals surface area (Å²) in [5.74, 6) is 0.494. The van der Waals surface area contributed by atoms with Gasteiger partial charge in [-0.05, 0) is 29.8 Å². The molecule has 0 aliphatic rings. The number of halogens is 1. The zero-order chi connectivity index (χ0) is 12.4. The van der Waals surface area contributed by atoms with E-state index in [9.17, 15) is 4.39 Å². The summed E-state index contributed by atoms with van der Waals surface area (Å²) in [6.07, 6.45) is 0. The van der Waals surface area contributed by atoms with Crippen molar-refractivity contribution in [1.82, 2.24) is 0 Å². The van der Waals surface area contributed by atoms with E-state index >= 15 is 0 Å². The summed E-state index contributed by atoms with van der Waals surface area (Å²) in [6, 6.07) is 6.71. The van der Waals surface area contributed by atoms with E-state index in [1.54, 1.807) is 13.2 Å². The second-order valence-electron chi connectivity index (χ2n) is 3.68. The first-order valence-corrected chi connectivity index (χ1v) is 5.24. The number of fused-ring (bicyclic) bond motifs is 1. The van der Waals surface area contributed by atoms with Gasteiger partial charge in [0.2, 0.25) is 0 Å². The molecular weight excluding hydrogens is 221 g/mol. The molecule has 0 amide bonds. The van der Waals surface area contributed by atoms with Gasteiger partial charge in [0.05, 0.1) is 14.2 Å². The molecule has 0 aliphatic heterocycles. The Hall–Kier alpha value is -1.81. The fourth-order valence-corrected chi connectivity index (χ4v) is 1.90. The van der Waals surface area contributed by atoms with E-state index in [0.717, 1.165) is 10.9 Å². The number of nitrogens with two attached hydrogens (primary N) is 1. The minimum Gasteiger partial charge on any atom is -0.496 e. The lowest BCUT2D eigenvalue weighted by Gasteiger charge is -2.11. The Morgan fingerprint density at radius 3 is 2.47 bits per heavy atom. The van der Waals surface area contributed by atoms with Crippen LogP contribution in [-0.2, 0) is 6.54 Å². The van der Waals surface area contributed by atoms with Crippen molar-refractivity contribution >= 4 is 10.8 Å². The highest BCUT2D eigenvalue weighted by Gasteiger charge is 2.12. The Morgan fingerprint density at radius 2 is 1.88 bits per heavy atom. The molecule has 0 aromatic heterocycles. The van der Waals surface area contributed by atoms with Crippen LogP contribution in [0.25, 0.3) is 10.8 Å². The molecule has 0 atom stereocenters. The molecule has 17 heavy (non-hydrogen) atoms. The zero-order valence-corrected chi connectivity index (χ0v) is 9.79. The maximum atomic E-state index is 13.6. The van der Waals surface area contributed by atoms with Crippen molar-refractivity contribution in [2.24, 2.45) is 5.73 Å². The van der Waals surface area contributed by atoms with Gasteiger partial charge >= 0.3 is 0 Å². The van der Waals surface area contributed by atoms with Crippen LogP contribution in [0.15, 0.2) is 24.3 Å². The summed E-state index contributed by atoms with van der Waals surface area (Å²) in [6.45, 7) is 0.367. The van der Waals surface area contributed by atoms with Gasteiger partial charge in [0.15, 0.2) is 11.6 Å². The summed E-state index contributed by atoms with van der Waals surface area (Å²) >= 11 is 0. The molecule has 4 heteroatoms. The molecular formula is C13H14FNO2. The molecule has 2 N–H and O–H groups in total. The van der Waals surface area contributed by atoms with Gasteiger partial charge in [-0.15, -0.1) is 0 Å². The lowest BCUT2D eigenvalue weighted by atomic mass is 10.0. The summed E-state index contributed by atoms with van der Waals surface area (Å²) in [5.41, 5.74) is 6.48. The first-order chi connectivity index (χ1) is 8.21. The smallest absolute Gasteiger partial charge is 0.165 e. The van der Waals surface area contributed by atoms with Gasteiger partial charge < -0.3 is 15.2 Å². The van der Waals surface area contributed by atoms with Crippen LogP contribution in [-0.4, -0.2) is 14.2 Å². The van der Waals surface area contributed by atoms with Crippen LogP contribution in [0.2, 0.25) is 0 Å². The Balaban J connectivity index is 2.84. The van der Waals surface area contributed by atoms with Crippen molar-refractivity contribution in [3.63, 3.8) is 0 Å². The highest BCUT2D eigenvalue weighted by molar-refractivity contribution is 5.94. The summed E-state index contributed by atoms with van der Waals surface area (Å²) in [5, 5.41) is 1.48. The third-order valence-corrected chi connectivity index (χ3v) is 2.72. The Labute approximate surface area is 98.9 Å². The van der Waals surface area contributed by atoms with E-state index < -0.39 is 5.82 Å². The van der Waals surface area contributed by atoms with Crippen molar-refractivity contribution in [2.45, 2.75) is 6.54 Å². The van der Waals surface area contributed by atoms with Crippen LogP contribution in [0.4, 0.5) is 4.39 Å². The highest BCUT2D eigenvalue weighted by Crippen LogP contribution is 2.35. The van der Waals surface area contributed by atoms with Crippen LogP contribution >= 0.6 is 0 Å². The predicted octanol–water partition coefficient (Wildman–Crippen LogP) is 2.45. The number of methoxy groups -OCH3 is 2. The van der Waals surface area contributed by atoms with Gasteiger partial charge in [-0.2, -0.15) is 0 Å². The van der Waals surface area contributed by atoms with Gasteiger partial charge in [0.25, 0.3) is 0 Å². The lowest BCUT2D eigenvalue weighted by Crippen LogP contribution is -1.99. The third-order valence-electron chi connectivity index (χ3n) is 2.72.